The van der Waals surface area contributed by atoms with Crippen LogP contribution < -0.4 is 10.2 Å². The molecule has 0 radical (unpaired) electrons. The average Bonchev–Trinajstić information content (AvgIpc) is 3.29. The van der Waals surface area contributed by atoms with Crippen molar-refractivity contribution in [3.63, 3.8) is 0 Å². The van der Waals surface area contributed by atoms with Gasteiger partial charge in [0, 0.05) is 22.3 Å². The second kappa shape index (κ2) is 10.0. The number of hydrogen-bond acceptors (Lipinski definition) is 4. The van der Waals surface area contributed by atoms with Crippen molar-refractivity contribution in [1.29, 1.82) is 0 Å². The van der Waals surface area contributed by atoms with Crippen LogP contribution in [-0.4, -0.2) is 23.1 Å². The summed E-state index contributed by atoms with van der Waals surface area (Å²) in [6.07, 6.45) is 3.63. The van der Waals surface area contributed by atoms with Crippen molar-refractivity contribution in [3.8, 4) is 22.7 Å². The van der Waals surface area contributed by atoms with Crippen LogP contribution in [0.25, 0.3) is 27.7 Å². The molecule has 0 spiro atoms. The molecule has 1 aromatic heterocycles. The van der Waals surface area contributed by atoms with Crippen LogP contribution in [0, 0.1) is 0 Å². The Morgan fingerprint density at radius 1 is 0.886 bits per heavy atom. The predicted octanol–water partition coefficient (Wildman–Crippen LogP) is 8.11. The molecule has 0 saturated carbocycles. The molecule has 0 aliphatic rings. The highest BCUT2D eigenvalue weighted by Gasteiger charge is 2.13. The molecule has 1 N–H and O–H groups in total. The summed E-state index contributed by atoms with van der Waals surface area (Å²) in [5.41, 5.74) is 6.90. The van der Waals surface area contributed by atoms with Gasteiger partial charge in [0.2, 0.25) is 0 Å². The Kier molecular flexibility index (Phi) is 6.64. The highest BCUT2D eigenvalue weighted by Crippen LogP contribution is 2.34. The van der Waals surface area contributed by atoms with Crippen molar-refractivity contribution in [1.82, 2.24) is 9.78 Å². The summed E-state index contributed by atoms with van der Waals surface area (Å²) in [4.78, 5) is 0. The molecule has 0 amide bonds. The van der Waals surface area contributed by atoms with Gasteiger partial charge >= 0.3 is 0 Å². The maximum atomic E-state index is 6.27. The molecule has 0 unspecified atom stereocenters. The van der Waals surface area contributed by atoms with E-state index in [0.717, 1.165) is 39.0 Å². The third kappa shape index (κ3) is 4.98. The third-order valence-electron chi connectivity index (χ3n) is 5.47. The number of anilines is 1. The lowest BCUT2D eigenvalue weighted by atomic mass is 10.0. The van der Waals surface area contributed by atoms with Gasteiger partial charge in [0.05, 0.1) is 34.7 Å². The summed E-state index contributed by atoms with van der Waals surface area (Å²) in [5.74, 6) is 0.817. The number of nitrogens with zero attached hydrogens (tertiary/aromatic N) is 3. The first kappa shape index (κ1) is 23.2. The molecule has 1 heterocycles. The second-order valence-corrected chi connectivity index (χ2v) is 9.01. The van der Waals surface area contributed by atoms with Crippen molar-refractivity contribution in [2.24, 2.45) is 5.10 Å². The Morgan fingerprint density at radius 3 is 2.34 bits per heavy atom. The Morgan fingerprint density at radius 2 is 1.60 bits per heavy atom. The lowest BCUT2D eigenvalue weighted by Crippen LogP contribution is -1.94. The zero-order valence-corrected chi connectivity index (χ0v) is 20.8. The predicted molar refractivity (Wildman–Crippen MR) is 146 cm³/mol. The molecule has 4 aromatic carbocycles. The van der Waals surface area contributed by atoms with Crippen LogP contribution in [0.15, 0.2) is 90.2 Å². The van der Waals surface area contributed by atoms with Crippen molar-refractivity contribution in [2.75, 3.05) is 12.5 Å². The van der Waals surface area contributed by atoms with Gasteiger partial charge in [0.15, 0.2) is 0 Å². The zero-order chi connectivity index (χ0) is 24.4. The lowest BCUT2D eigenvalue weighted by molar-refractivity contribution is 0.415. The summed E-state index contributed by atoms with van der Waals surface area (Å²) in [6, 6.07) is 25.3. The minimum absolute atomic E-state index is 0.379. The van der Waals surface area contributed by atoms with E-state index in [1.165, 1.54) is 0 Å². The van der Waals surface area contributed by atoms with Crippen LogP contribution in [0.1, 0.15) is 5.56 Å². The Hall–Kier alpha value is -3.51. The van der Waals surface area contributed by atoms with Gasteiger partial charge in [-0.25, -0.2) is 4.68 Å². The molecule has 0 aliphatic heterocycles. The van der Waals surface area contributed by atoms with Gasteiger partial charge in [0.1, 0.15) is 11.4 Å². The summed E-state index contributed by atoms with van der Waals surface area (Å²) in [6.45, 7) is 0. The van der Waals surface area contributed by atoms with E-state index >= 15 is 0 Å². The van der Waals surface area contributed by atoms with E-state index in [2.05, 4.69) is 22.7 Å². The second-order valence-electron chi connectivity index (χ2n) is 7.76. The van der Waals surface area contributed by atoms with E-state index < -0.39 is 0 Å². The molecular weight excluding hydrogens is 503 g/mol. The Balaban J connectivity index is 1.55. The normalized spacial score (nSPS) is 11.3. The van der Waals surface area contributed by atoms with Gasteiger partial charge in [-0.05, 0) is 53.2 Å². The molecule has 0 bridgehead atoms. The standard InChI is InChI=1S/C27H19Cl3N4O/c1-35-23-10-9-17-11-19(8-7-18(17)12-23)26-20(16-34(33-26)22-5-3-2-4-6-22)15-31-32-27-24(29)13-21(28)14-25(27)30/h2-16,32H,1H3. The third-order valence-corrected chi connectivity index (χ3v) is 6.29. The topological polar surface area (TPSA) is 51.4 Å². The fraction of sp³-hybridized carbons (Fsp3) is 0.0370. The van der Waals surface area contributed by atoms with Gasteiger partial charge < -0.3 is 4.74 Å². The molecule has 5 aromatic rings. The van der Waals surface area contributed by atoms with Gasteiger partial charge in [0.25, 0.3) is 0 Å². The summed E-state index contributed by atoms with van der Waals surface area (Å²) in [5, 5.41) is 12.6. The molecule has 35 heavy (non-hydrogen) atoms. The monoisotopic (exact) mass is 520 g/mol. The van der Waals surface area contributed by atoms with Gasteiger partial charge in [-0.2, -0.15) is 10.2 Å². The number of benzene rings is 4. The van der Waals surface area contributed by atoms with E-state index in [1.807, 2.05) is 65.5 Å². The van der Waals surface area contributed by atoms with E-state index in [1.54, 1.807) is 25.5 Å². The number of ether oxygens (including phenoxy) is 1. The van der Waals surface area contributed by atoms with Crippen LogP contribution in [-0.2, 0) is 0 Å². The van der Waals surface area contributed by atoms with Crippen LogP contribution in [0.5, 0.6) is 5.75 Å². The van der Waals surface area contributed by atoms with Crippen LogP contribution in [0.3, 0.4) is 0 Å². The molecule has 174 valence electrons. The van der Waals surface area contributed by atoms with E-state index in [0.29, 0.717) is 20.8 Å². The van der Waals surface area contributed by atoms with E-state index in [-0.39, 0.29) is 0 Å². The molecule has 5 rings (SSSR count). The van der Waals surface area contributed by atoms with Crippen molar-refractivity contribution in [3.05, 3.63) is 106 Å². The maximum absolute atomic E-state index is 6.27. The van der Waals surface area contributed by atoms with Gasteiger partial charge in [-0.15, -0.1) is 0 Å². The quantitative estimate of drug-likeness (QED) is 0.181. The molecular formula is C27H19Cl3N4O. The molecule has 0 saturated heterocycles. The first-order valence-corrected chi connectivity index (χ1v) is 11.8. The number of hydrogen-bond donors (Lipinski definition) is 1. The van der Waals surface area contributed by atoms with Crippen LogP contribution in [0.2, 0.25) is 15.1 Å². The highest BCUT2D eigenvalue weighted by atomic mass is 35.5. The minimum Gasteiger partial charge on any atom is -0.497 e. The average molecular weight is 522 g/mol. The smallest absolute Gasteiger partial charge is 0.119 e. The van der Waals surface area contributed by atoms with Crippen LogP contribution >= 0.6 is 34.8 Å². The number of fused-ring (bicyclic) bond motifs is 1. The molecule has 5 nitrogen and oxygen atoms in total. The van der Waals surface area contributed by atoms with Gasteiger partial charge in [-0.1, -0.05) is 71.2 Å². The zero-order valence-electron chi connectivity index (χ0n) is 18.5. The highest BCUT2D eigenvalue weighted by molar-refractivity contribution is 6.41. The minimum atomic E-state index is 0.379. The Bertz CT molecular complexity index is 1520. The van der Waals surface area contributed by atoms with Crippen LogP contribution in [0.4, 0.5) is 5.69 Å². The number of nitrogens with one attached hydrogen (secondary N) is 1. The van der Waals surface area contributed by atoms with E-state index in [9.17, 15) is 0 Å². The van der Waals surface area contributed by atoms with Gasteiger partial charge in [-0.3, -0.25) is 5.43 Å². The first-order valence-electron chi connectivity index (χ1n) is 10.7. The summed E-state index contributed by atoms with van der Waals surface area (Å²) < 4.78 is 7.18. The number of methoxy groups -OCH3 is 1. The number of rotatable bonds is 6. The Labute approximate surface area is 217 Å². The first-order chi connectivity index (χ1) is 17.0. The lowest BCUT2D eigenvalue weighted by Gasteiger charge is -2.07. The SMILES string of the molecule is COc1ccc2cc(-c3nn(-c4ccccc4)cc3C=NNc3c(Cl)cc(Cl)cc3Cl)ccc2c1. The fourth-order valence-electron chi connectivity index (χ4n) is 3.73. The molecule has 0 atom stereocenters. The fourth-order valence-corrected chi connectivity index (χ4v) is 4.63. The summed E-state index contributed by atoms with van der Waals surface area (Å²) >= 11 is 18.6. The molecule has 8 heteroatoms. The molecule has 0 aliphatic carbocycles. The number of para-hydroxylation sites is 1. The largest absolute Gasteiger partial charge is 0.497 e. The van der Waals surface area contributed by atoms with E-state index in [4.69, 9.17) is 44.6 Å². The number of halogens is 3. The maximum Gasteiger partial charge on any atom is 0.119 e. The van der Waals surface area contributed by atoms with Crippen molar-refractivity contribution >= 4 is 57.5 Å². The van der Waals surface area contributed by atoms with Crippen molar-refractivity contribution in [2.45, 2.75) is 0 Å². The summed E-state index contributed by atoms with van der Waals surface area (Å²) in [7, 11) is 1.66. The van der Waals surface area contributed by atoms with Crippen molar-refractivity contribution < 1.29 is 4.74 Å². The number of hydrazone groups is 1. The molecule has 0 fully saturated rings. The number of aromatic nitrogens is 2.